The zero-order chi connectivity index (χ0) is 5.98. The van der Waals surface area contributed by atoms with Crippen LogP contribution < -0.4 is 0 Å². The van der Waals surface area contributed by atoms with E-state index < -0.39 is 0 Å². The van der Waals surface area contributed by atoms with Crippen LogP contribution in [0.4, 0.5) is 0 Å². The smallest absolute Gasteiger partial charge is 0.120 e. The summed E-state index contributed by atoms with van der Waals surface area (Å²) in [4.78, 5) is 0. The van der Waals surface area contributed by atoms with E-state index in [1.165, 1.54) is 0 Å². The van der Waals surface area contributed by atoms with Crippen LogP contribution in [0, 0.1) is 0 Å². The standard InChI is InChI=1S/C3H5ClN4/c1-2-3-5-7-8(4)6-3/h2H2,1H3. The first kappa shape index (κ1) is 5.50. The summed E-state index contributed by atoms with van der Waals surface area (Å²) >= 11 is 5.27. The summed E-state index contributed by atoms with van der Waals surface area (Å²) in [5.41, 5.74) is 0. The Morgan fingerprint density at radius 3 is 2.75 bits per heavy atom. The second-order valence-corrected chi connectivity index (χ2v) is 1.60. The van der Waals surface area contributed by atoms with E-state index in [2.05, 4.69) is 15.4 Å². The molecule has 0 aliphatic heterocycles. The summed E-state index contributed by atoms with van der Waals surface area (Å²) in [5, 5.41) is 10.7. The summed E-state index contributed by atoms with van der Waals surface area (Å²) in [5.74, 6) is 0.667. The number of halogens is 1. The maximum absolute atomic E-state index is 5.27. The van der Waals surface area contributed by atoms with Crippen molar-refractivity contribution >= 4 is 11.8 Å². The molecule has 0 unspecified atom stereocenters. The molecule has 0 bridgehead atoms. The molecule has 0 atom stereocenters. The maximum atomic E-state index is 5.27. The first-order chi connectivity index (χ1) is 3.83. The van der Waals surface area contributed by atoms with E-state index in [4.69, 9.17) is 11.8 Å². The Bertz CT molecular complexity index is 172. The summed E-state index contributed by atoms with van der Waals surface area (Å²) < 4.78 is 0.929. The van der Waals surface area contributed by atoms with E-state index in [1.807, 2.05) is 6.92 Å². The van der Waals surface area contributed by atoms with Gasteiger partial charge in [0, 0.05) is 6.42 Å². The summed E-state index contributed by atoms with van der Waals surface area (Å²) in [6.45, 7) is 1.94. The van der Waals surface area contributed by atoms with Crippen molar-refractivity contribution in [1.29, 1.82) is 0 Å². The predicted octanol–water partition coefficient (Wildman–Crippen LogP) is 0.237. The average Bonchev–Trinajstić information content (AvgIpc) is 2.14. The van der Waals surface area contributed by atoms with Gasteiger partial charge in [0.05, 0.1) is 11.8 Å². The number of hydrogen-bond donors (Lipinski definition) is 0. The quantitative estimate of drug-likeness (QED) is 0.550. The van der Waals surface area contributed by atoms with Crippen molar-refractivity contribution in [3.8, 4) is 0 Å². The van der Waals surface area contributed by atoms with Crippen LogP contribution in [0.5, 0.6) is 0 Å². The van der Waals surface area contributed by atoms with Crippen molar-refractivity contribution in [2.75, 3.05) is 0 Å². The molecule has 0 aliphatic rings. The Balaban J connectivity index is 2.84. The van der Waals surface area contributed by atoms with Gasteiger partial charge in [0.25, 0.3) is 0 Å². The van der Waals surface area contributed by atoms with E-state index in [1.54, 1.807) is 0 Å². The predicted molar refractivity (Wildman–Crippen MR) is 28.4 cm³/mol. The first-order valence-corrected chi connectivity index (χ1v) is 2.61. The van der Waals surface area contributed by atoms with Gasteiger partial charge in [-0.15, -0.1) is 10.2 Å². The van der Waals surface area contributed by atoms with Gasteiger partial charge in [0.15, 0.2) is 5.82 Å². The van der Waals surface area contributed by atoms with Crippen LogP contribution in [0.25, 0.3) is 0 Å². The highest BCUT2D eigenvalue weighted by atomic mass is 35.5. The monoisotopic (exact) mass is 132 g/mol. The Morgan fingerprint density at radius 1 is 1.75 bits per heavy atom. The number of tetrazole rings is 1. The molecular weight excluding hydrogens is 128 g/mol. The molecule has 0 fully saturated rings. The second-order valence-electron chi connectivity index (χ2n) is 1.30. The third-order valence-electron chi connectivity index (χ3n) is 0.748. The van der Waals surface area contributed by atoms with Crippen molar-refractivity contribution in [3.63, 3.8) is 0 Å². The minimum atomic E-state index is 0.667. The van der Waals surface area contributed by atoms with E-state index in [9.17, 15) is 0 Å². The first-order valence-electron chi connectivity index (χ1n) is 2.28. The SMILES string of the molecule is CCc1nnn(Cl)n1. The Hall–Kier alpha value is -0.640. The maximum Gasteiger partial charge on any atom is 0.176 e. The molecule has 0 radical (unpaired) electrons. The Labute approximate surface area is 51.6 Å². The fourth-order valence-corrected chi connectivity index (χ4v) is 0.486. The minimum absolute atomic E-state index is 0.667. The summed E-state index contributed by atoms with van der Waals surface area (Å²) in [6.07, 6.45) is 0.771. The molecule has 1 heterocycles. The van der Waals surface area contributed by atoms with Gasteiger partial charge in [-0.25, -0.2) is 0 Å². The molecule has 0 N–H and O–H groups in total. The molecule has 0 aromatic carbocycles. The average molecular weight is 133 g/mol. The van der Waals surface area contributed by atoms with Crippen molar-refractivity contribution in [2.24, 2.45) is 0 Å². The van der Waals surface area contributed by atoms with Crippen LogP contribution >= 0.6 is 11.8 Å². The van der Waals surface area contributed by atoms with E-state index in [0.717, 1.165) is 10.7 Å². The fraction of sp³-hybridized carbons (Fsp3) is 0.667. The molecule has 0 saturated carbocycles. The third-order valence-corrected chi connectivity index (χ3v) is 0.891. The highest BCUT2D eigenvalue weighted by Crippen LogP contribution is 1.86. The lowest BCUT2D eigenvalue weighted by Gasteiger charge is -1.74. The van der Waals surface area contributed by atoms with Gasteiger partial charge in [-0.05, 0) is 5.21 Å². The van der Waals surface area contributed by atoms with Crippen LogP contribution in [0.2, 0.25) is 0 Å². The molecule has 8 heavy (non-hydrogen) atoms. The number of aryl methyl sites for hydroxylation is 1. The zero-order valence-electron chi connectivity index (χ0n) is 4.37. The van der Waals surface area contributed by atoms with Gasteiger partial charge in [-0.3, -0.25) is 0 Å². The molecule has 44 valence electrons. The van der Waals surface area contributed by atoms with Crippen molar-refractivity contribution in [2.45, 2.75) is 13.3 Å². The normalized spacial score (nSPS) is 9.75. The molecule has 1 aromatic heterocycles. The lowest BCUT2D eigenvalue weighted by atomic mass is 10.5. The van der Waals surface area contributed by atoms with Crippen LogP contribution in [0.15, 0.2) is 0 Å². The molecule has 0 amide bonds. The molecule has 1 rings (SSSR count). The van der Waals surface area contributed by atoms with Gasteiger partial charge < -0.3 is 0 Å². The largest absolute Gasteiger partial charge is 0.176 e. The van der Waals surface area contributed by atoms with E-state index in [0.29, 0.717) is 5.82 Å². The molecular formula is C3H5ClN4. The number of rotatable bonds is 1. The lowest BCUT2D eigenvalue weighted by Crippen LogP contribution is -1.85. The Kier molecular flexibility index (Phi) is 1.43. The van der Waals surface area contributed by atoms with Crippen molar-refractivity contribution in [3.05, 3.63) is 5.82 Å². The van der Waals surface area contributed by atoms with Crippen LogP contribution in [0.3, 0.4) is 0 Å². The summed E-state index contributed by atoms with van der Waals surface area (Å²) in [6, 6.07) is 0. The number of hydrogen-bond acceptors (Lipinski definition) is 3. The topological polar surface area (TPSA) is 43.6 Å². The van der Waals surface area contributed by atoms with Gasteiger partial charge >= 0.3 is 0 Å². The van der Waals surface area contributed by atoms with Crippen LogP contribution in [-0.4, -0.2) is 19.7 Å². The van der Waals surface area contributed by atoms with Crippen molar-refractivity contribution in [1.82, 2.24) is 19.7 Å². The summed E-state index contributed by atoms with van der Waals surface area (Å²) in [7, 11) is 0. The van der Waals surface area contributed by atoms with Gasteiger partial charge in [0.2, 0.25) is 0 Å². The van der Waals surface area contributed by atoms with E-state index in [-0.39, 0.29) is 0 Å². The molecule has 5 heteroatoms. The minimum Gasteiger partial charge on any atom is -0.120 e. The van der Waals surface area contributed by atoms with Gasteiger partial charge in [0.1, 0.15) is 0 Å². The molecule has 1 aromatic rings. The molecule has 0 aliphatic carbocycles. The zero-order valence-corrected chi connectivity index (χ0v) is 5.13. The highest BCUT2D eigenvalue weighted by molar-refractivity contribution is 6.13. The lowest BCUT2D eigenvalue weighted by molar-refractivity contribution is 0.802. The molecule has 4 nitrogen and oxygen atoms in total. The van der Waals surface area contributed by atoms with Gasteiger partial charge in [-0.1, -0.05) is 11.2 Å². The number of nitrogens with zero attached hydrogens (tertiary/aromatic N) is 4. The van der Waals surface area contributed by atoms with Gasteiger partial charge in [-0.2, -0.15) is 0 Å². The highest BCUT2D eigenvalue weighted by Gasteiger charge is 1.93. The van der Waals surface area contributed by atoms with Crippen LogP contribution in [-0.2, 0) is 6.42 Å². The van der Waals surface area contributed by atoms with E-state index >= 15 is 0 Å². The molecule has 0 spiro atoms. The fourth-order valence-electron chi connectivity index (χ4n) is 0.365. The van der Waals surface area contributed by atoms with Crippen LogP contribution in [0.1, 0.15) is 12.7 Å². The second kappa shape index (κ2) is 2.09. The molecule has 0 saturated heterocycles. The Morgan fingerprint density at radius 2 is 2.50 bits per heavy atom. The third kappa shape index (κ3) is 0.949. The van der Waals surface area contributed by atoms with Crippen molar-refractivity contribution < 1.29 is 0 Å². The number of aromatic nitrogens is 4.